The van der Waals surface area contributed by atoms with Crippen molar-refractivity contribution in [2.24, 2.45) is 0 Å². The van der Waals surface area contributed by atoms with Gasteiger partial charge in [0.1, 0.15) is 18.1 Å². The van der Waals surface area contributed by atoms with Gasteiger partial charge < -0.3 is 9.47 Å². The van der Waals surface area contributed by atoms with Crippen LogP contribution in [0.5, 0.6) is 11.5 Å². The minimum Gasteiger partial charge on any atom is -0.489 e. The topological polar surface area (TPSA) is 47.6 Å². The molecule has 0 unspecified atom stereocenters. The summed E-state index contributed by atoms with van der Waals surface area (Å²) in [7, 11) is 0. The van der Waals surface area contributed by atoms with Gasteiger partial charge in [-0.3, -0.25) is 5.32 Å². The van der Waals surface area contributed by atoms with Crippen LogP contribution in [0.2, 0.25) is 10.0 Å². The Labute approximate surface area is 161 Å². The van der Waals surface area contributed by atoms with E-state index < -0.39 is 6.09 Å². The summed E-state index contributed by atoms with van der Waals surface area (Å²) in [5.41, 5.74) is 1.46. The summed E-state index contributed by atoms with van der Waals surface area (Å²) in [6.45, 7) is 0.467. The smallest absolute Gasteiger partial charge is 0.417 e. The molecule has 0 aromatic heterocycles. The zero-order chi connectivity index (χ0) is 18.4. The molecule has 132 valence electrons. The van der Waals surface area contributed by atoms with Crippen LogP contribution in [0.1, 0.15) is 5.56 Å². The molecule has 26 heavy (non-hydrogen) atoms. The minimum absolute atomic E-state index is 0.260. The Morgan fingerprint density at radius 1 is 0.846 bits per heavy atom. The maximum Gasteiger partial charge on any atom is 0.417 e. The molecular weight excluding hydrogens is 373 g/mol. The van der Waals surface area contributed by atoms with E-state index in [0.717, 1.165) is 5.56 Å². The monoisotopic (exact) mass is 387 g/mol. The molecule has 3 aromatic rings. The van der Waals surface area contributed by atoms with Gasteiger partial charge in [-0.2, -0.15) is 0 Å². The van der Waals surface area contributed by atoms with Crippen molar-refractivity contribution in [1.29, 1.82) is 0 Å². The Kier molecular flexibility index (Phi) is 6.00. The van der Waals surface area contributed by atoms with Gasteiger partial charge in [-0.15, -0.1) is 0 Å². The molecule has 0 fully saturated rings. The summed E-state index contributed by atoms with van der Waals surface area (Å²) in [5, 5.41) is 3.16. The van der Waals surface area contributed by atoms with E-state index in [-0.39, 0.29) is 5.02 Å². The number of anilines is 1. The van der Waals surface area contributed by atoms with Crippen LogP contribution in [0.25, 0.3) is 0 Å². The fourth-order valence-electron chi connectivity index (χ4n) is 2.19. The van der Waals surface area contributed by atoms with Crippen LogP contribution in [0, 0.1) is 0 Å². The Hall–Kier alpha value is -2.69. The van der Waals surface area contributed by atoms with Crippen molar-refractivity contribution in [3.05, 3.63) is 88.4 Å². The molecule has 3 aromatic carbocycles. The molecule has 0 aliphatic heterocycles. The minimum atomic E-state index is -0.660. The highest BCUT2D eigenvalue weighted by Gasteiger charge is 2.10. The van der Waals surface area contributed by atoms with E-state index >= 15 is 0 Å². The van der Waals surface area contributed by atoms with Crippen molar-refractivity contribution in [1.82, 2.24) is 0 Å². The van der Waals surface area contributed by atoms with Gasteiger partial charge in [0.15, 0.2) is 0 Å². The fraction of sp³-hybridized carbons (Fsp3) is 0.0500. The molecule has 0 saturated carbocycles. The third-order valence-electron chi connectivity index (χ3n) is 3.47. The van der Waals surface area contributed by atoms with E-state index in [2.05, 4.69) is 5.32 Å². The van der Waals surface area contributed by atoms with Gasteiger partial charge in [0.2, 0.25) is 0 Å². The lowest BCUT2D eigenvalue weighted by Crippen LogP contribution is -2.16. The van der Waals surface area contributed by atoms with Gasteiger partial charge in [-0.1, -0.05) is 59.6 Å². The predicted octanol–water partition coefficient (Wildman–Crippen LogP) is 6.18. The molecule has 6 heteroatoms. The zero-order valence-corrected chi connectivity index (χ0v) is 15.1. The average Bonchev–Trinajstić information content (AvgIpc) is 2.66. The lowest BCUT2D eigenvalue weighted by atomic mass is 10.2. The molecule has 1 N–H and O–H groups in total. The van der Waals surface area contributed by atoms with Crippen molar-refractivity contribution in [3.63, 3.8) is 0 Å². The van der Waals surface area contributed by atoms with Gasteiger partial charge in [-0.05, 0) is 42.0 Å². The highest BCUT2D eigenvalue weighted by molar-refractivity contribution is 6.43. The van der Waals surface area contributed by atoms with E-state index in [0.29, 0.717) is 28.8 Å². The number of carbonyl (C=O) groups is 1. The fourth-order valence-corrected chi connectivity index (χ4v) is 2.54. The number of carbonyl (C=O) groups excluding carboxylic acids is 1. The predicted molar refractivity (Wildman–Crippen MR) is 103 cm³/mol. The second kappa shape index (κ2) is 8.61. The Bertz CT molecular complexity index is 883. The second-order valence-electron chi connectivity index (χ2n) is 5.36. The maximum absolute atomic E-state index is 12.0. The Morgan fingerprint density at radius 2 is 1.54 bits per heavy atom. The van der Waals surface area contributed by atoms with Crippen molar-refractivity contribution in [2.75, 3.05) is 5.32 Å². The first kappa shape index (κ1) is 18.1. The van der Waals surface area contributed by atoms with E-state index in [9.17, 15) is 4.79 Å². The molecule has 0 aliphatic rings. The SMILES string of the molecule is O=C(Nc1cccc(Cl)c1Cl)Oc1ccc(OCc2ccccc2)cc1. The molecule has 0 aliphatic carbocycles. The molecule has 0 radical (unpaired) electrons. The molecule has 1 amide bonds. The summed E-state index contributed by atoms with van der Waals surface area (Å²) in [6.07, 6.45) is -0.660. The number of halogens is 2. The number of benzene rings is 3. The maximum atomic E-state index is 12.0. The van der Waals surface area contributed by atoms with Crippen molar-refractivity contribution in [3.8, 4) is 11.5 Å². The van der Waals surface area contributed by atoms with E-state index in [4.69, 9.17) is 32.7 Å². The summed E-state index contributed by atoms with van der Waals surface area (Å²) in [6, 6.07) is 21.6. The molecule has 4 nitrogen and oxygen atoms in total. The first-order chi connectivity index (χ1) is 12.6. The first-order valence-electron chi connectivity index (χ1n) is 7.81. The molecule has 0 spiro atoms. The van der Waals surface area contributed by atoms with Gasteiger partial charge in [0, 0.05) is 0 Å². The number of ether oxygens (including phenoxy) is 2. The summed E-state index contributed by atoms with van der Waals surface area (Å²) in [5.74, 6) is 1.06. The third-order valence-corrected chi connectivity index (χ3v) is 4.29. The van der Waals surface area contributed by atoms with Gasteiger partial charge in [0.25, 0.3) is 0 Å². The van der Waals surface area contributed by atoms with Crippen LogP contribution < -0.4 is 14.8 Å². The number of amides is 1. The Balaban J connectivity index is 1.55. The van der Waals surface area contributed by atoms with Crippen LogP contribution in [0.3, 0.4) is 0 Å². The van der Waals surface area contributed by atoms with Crippen LogP contribution in [0.15, 0.2) is 72.8 Å². The summed E-state index contributed by atoms with van der Waals surface area (Å²) < 4.78 is 10.9. The normalized spacial score (nSPS) is 10.2. The average molecular weight is 388 g/mol. The quantitative estimate of drug-likeness (QED) is 0.568. The molecule has 3 rings (SSSR count). The second-order valence-corrected chi connectivity index (χ2v) is 6.15. The van der Waals surface area contributed by atoms with E-state index in [1.165, 1.54) is 0 Å². The lowest BCUT2D eigenvalue weighted by Gasteiger charge is -2.10. The third kappa shape index (κ3) is 4.91. The Morgan fingerprint density at radius 3 is 2.27 bits per heavy atom. The highest BCUT2D eigenvalue weighted by Crippen LogP contribution is 2.29. The van der Waals surface area contributed by atoms with Crippen molar-refractivity contribution in [2.45, 2.75) is 6.61 Å². The highest BCUT2D eigenvalue weighted by atomic mass is 35.5. The van der Waals surface area contributed by atoms with Crippen LogP contribution >= 0.6 is 23.2 Å². The van der Waals surface area contributed by atoms with Crippen molar-refractivity contribution >= 4 is 35.0 Å². The molecule has 0 bridgehead atoms. The zero-order valence-electron chi connectivity index (χ0n) is 13.6. The summed E-state index contributed by atoms with van der Waals surface area (Å²) in [4.78, 5) is 12.0. The number of rotatable bonds is 5. The largest absolute Gasteiger partial charge is 0.489 e. The van der Waals surface area contributed by atoms with Gasteiger partial charge >= 0.3 is 6.09 Å². The van der Waals surface area contributed by atoms with Crippen LogP contribution in [0.4, 0.5) is 10.5 Å². The lowest BCUT2D eigenvalue weighted by molar-refractivity contribution is 0.215. The van der Waals surface area contributed by atoms with E-state index in [1.54, 1.807) is 42.5 Å². The number of hydrogen-bond acceptors (Lipinski definition) is 3. The summed E-state index contributed by atoms with van der Waals surface area (Å²) >= 11 is 11.9. The molecule has 0 heterocycles. The van der Waals surface area contributed by atoms with Gasteiger partial charge in [-0.25, -0.2) is 4.79 Å². The molecule has 0 atom stereocenters. The molecule has 0 saturated heterocycles. The first-order valence-corrected chi connectivity index (χ1v) is 8.57. The standard InChI is InChI=1S/C20H15Cl2NO3/c21-17-7-4-8-18(19(17)22)23-20(24)26-16-11-9-15(10-12-16)25-13-14-5-2-1-3-6-14/h1-12H,13H2,(H,23,24). The molecular formula is C20H15Cl2NO3. The van der Waals surface area contributed by atoms with Crippen LogP contribution in [-0.2, 0) is 6.61 Å². The number of hydrogen-bond donors (Lipinski definition) is 1. The van der Waals surface area contributed by atoms with Gasteiger partial charge in [0.05, 0.1) is 15.7 Å². The number of nitrogens with one attached hydrogen (secondary N) is 1. The van der Waals surface area contributed by atoms with Crippen molar-refractivity contribution < 1.29 is 14.3 Å². The van der Waals surface area contributed by atoms with E-state index in [1.807, 2.05) is 30.3 Å². The van der Waals surface area contributed by atoms with Crippen LogP contribution in [-0.4, -0.2) is 6.09 Å².